The SMILES string of the molecule is CC(O)(CNC(=O)N1CCCN(CCO)CC1)C(=O)O. The minimum Gasteiger partial charge on any atom is -0.479 e. The Labute approximate surface area is 118 Å². The average Bonchev–Trinajstić information content (AvgIpc) is 2.62. The molecule has 20 heavy (non-hydrogen) atoms. The predicted octanol–water partition coefficient (Wildman–Crippen LogP) is -1.47. The van der Waals surface area contributed by atoms with Gasteiger partial charge >= 0.3 is 12.0 Å². The molecule has 1 aliphatic rings. The first kappa shape index (κ1) is 16.7. The third kappa shape index (κ3) is 4.95. The summed E-state index contributed by atoms with van der Waals surface area (Å²) < 4.78 is 0. The van der Waals surface area contributed by atoms with E-state index in [0.29, 0.717) is 26.2 Å². The number of carbonyl (C=O) groups is 2. The van der Waals surface area contributed by atoms with Gasteiger partial charge in [-0.25, -0.2) is 9.59 Å². The van der Waals surface area contributed by atoms with Crippen LogP contribution in [-0.4, -0.2) is 88.6 Å². The average molecular weight is 289 g/mol. The van der Waals surface area contributed by atoms with Crippen molar-refractivity contribution in [2.45, 2.75) is 18.9 Å². The van der Waals surface area contributed by atoms with Crippen LogP contribution in [-0.2, 0) is 4.79 Å². The second-order valence-corrected chi connectivity index (χ2v) is 5.14. The number of urea groups is 1. The normalized spacial score (nSPS) is 20.1. The molecule has 0 aliphatic carbocycles. The van der Waals surface area contributed by atoms with Crippen LogP contribution in [0.1, 0.15) is 13.3 Å². The van der Waals surface area contributed by atoms with Crippen molar-refractivity contribution in [2.24, 2.45) is 0 Å². The first-order chi connectivity index (χ1) is 9.36. The molecule has 2 amide bonds. The summed E-state index contributed by atoms with van der Waals surface area (Å²) in [5.74, 6) is -1.37. The molecular weight excluding hydrogens is 266 g/mol. The zero-order valence-corrected chi connectivity index (χ0v) is 11.7. The number of aliphatic hydroxyl groups excluding tert-OH is 1. The zero-order chi connectivity index (χ0) is 15.2. The Morgan fingerprint density at radius 3 is 2.55 bits per heavy atom. The summed E-state index contributed by atoms with van der Waals surface area (Å²) in [4.78, 5) is 26.3. The third-order valence-corrected chi connectivity index (χ3v) is 3.34. The first-order valence-electron chi connectivity index (χ1n) is 6.68. The lowest BCUT2D eigenvalue weighted by Gasteiger charge is -2.24. The van der Waals surface area contributed by atoms with E-state index in [2.05, 4.69) is 10.2 Å². The second kappa shape index (κ2) is 7.41. The molecule has 0 spiro atoms. The smallest absolute Gasteiger partial charge is 0.337 e. The number of amides is 2. The highest BCUT2D eigenvalue weighted by atomic mass is 16.4. The second-order valence-electron chi connectivity index (χ2n) is 5.14. The minimum atomic E-state index is -1.97. The molecule has 116 valence electrons. The third-order valence-electron chi connectivity index (χ3n) is 3.34. The van der Waals surface area contributed by atoms with Crippen LogP contribution in [0.3, 0.4) is 0 Å². The molecule has 0 aromatic rings. The van der Waals surface area contributed by atoms with Crippen LogP contribution < -0.4 is 5.32 Å². The van der Waals surface area contributed by atoms with E-state index in [-0.39, 0.29) is 19.2 Å². The van der Waals surface area contributed by atoms with E-state index >= 15 is 0 Å². The van der Waals surface area contributed by atoms with E-state index in [4.69, 9.17) is 10.2 Å². The summed E-state index contributed by atoms with van der Waals surface area (Å²) in [6.45, 7) is 4.06. The van der Waals surface area contributed by atoms with Crippen LogP contribution in [0, 0.1) is 0 Å². The molecule has 1 fully saturated rings. The molecule has 1 heterocycles. The van der Waals surface area contributed by atoms with Gasteiger partial charge in [-0.3, -0.25) is 4.90 Å². The highest BCUT2D eigenvalue weighted by molar-refractivity contribution is 5.79. The van der Waals surface area contributed by atoms with E-state index in [1.54, 1.807) is 4.90 Å². The van der Waals surface area contributed by atoms with Crippen molar-refractivity contribution in [1.82, 2.24) is 15.1 Å². The van der Waals surface area contributed by atoms with E-state index in [1.807, 2.05) is 0 Å². The Balaban J connectivity index is 2.42. The van der Waals surface area contributed by atoms with Gasteiger partial charge in [-0.05, 0) is 19.9 Å². The molecule has 1 rings (SSSR count). The van der Waals surface area contributed by atoms with E-state index < -0.39 is 11.6 Å². The van der Waals surface area contributed by atoms with Crippen LogP contribution in [0.5, 0.6) is 0 Å². The Bertz CT molecular complexity index is 348. The van der Waals surface area contributed by atoms with E-state index in [9.17, 15) is 14.7 Å². The summed E-state index contributed by atoms with van der Waals surface area (Å²) in [6.07, 6.45) is 0.794. The lowest BCUT2D eigenvalue weighted by Crippen LogP contribution is -2.50. The number of hydrogen-bond acceptors (Lipinski definition) is 5. The molecule has 0 saturated carbocycles. The van der Waals surface area contributed by atoms with Gasteiger partial charge in [0.15, 0.2) is 5.60 Å². The van der Waals surface area contributed by atoms with Crippen molar-refractivity contribution in [3.8, 4) is 0 Å². The van der Waals surface area contributed by atoms with Gasteiger partial charge in [-0.1, -0.05) is 0 Å². The number of carbonyl (C=O) groups excluding carboxylic acids is 1. The minimum absolute atomic E-state index is 0.0909. The van der Waals surface area contributed by atoms with Crippen molar-refractivity contribution in [2.75, 3.05) is 45.9 Å². The standard InChI is InChI=1S/C12H23N3O5/c1-12(20,10(17)18)9-13-11(19)15-4-2-3-14(5-6-15)7-8-16/h16,20H,2-9H2,1H3,(H,13,19)(H,17,18). The fourth-order valence-corrected chi connectivity index (χ4v) is 1.97. The highest BCUT2D eigenvalue weighted by Crippen LogP contribution is 2.05. The molecule has 0 bridgehead atoms. The lowest BCUT2D eigenvalue weighted by molar-refractivity contribution is -0.155. The molecule has 0 aromatic carbocycles. The van der Waals surface area contributed by atoms with Crippen LogP contribution in [0.4, 0.5) is 4.79 Å². The van der Waals surface area contributed by atoms with Gasteiger partial charge in [0.2, 0.25) is 0 Å². The summed E-state index contributed by atoms with van der Waals surface area (Å²) in [6, 6.07) is -0.377. The molecule has 8 heteroatoms. The summed E-state index contributed by atoms with van der Waals surface area (Å²) in [5.41, 5.74) is -1.97. The number of nitrogens with zero attached hydrogens (tertiary/aromatic N) is 2. The van der Waals surface area contributed by atoms with Gasteiger partial charge in [0.1, 0.15) is 0 Å². The number of carboxylic acid groups (broad SMARTS) is 1. The zero-order valence-electron chi connectivity index (χ0n) is 11.7. The number of β-amino-alcohol motifs (C(OH)–C–C–N with tert-alkyl or cyclic N) is 1. The number of nitrogens with one attached hydrogen (secondary N) is 1. The summed E-state index contributed by atoms with van der Waals surface area (Å²) >= 11 is 0. The van der Waals surface area contributed by atoms with Crippen molar-refractivity contribution in [3.63, 3.8) is 0 Å². The highest BCUT2D eigenvalue weighted by Gasteiger charge is 2.31. The van der Waals surface area contributed by atoms with Gasteiger partial charge in [0, 0.05) is 26.2 Å². The van der Waals surface area contributed by atoms with Gasteiger partial charge < -0.3 is 25.5 Å². The molecule has 1 unspecified atom stereocenters. The molecule has 1 saturated heterocycles. The van der Waals surface area contributed by atoms with Crippen LogP contribution in [0.15, 0.2) is 0 Å². The predicted molar refractivity (Wildman–Crippen MR) is 71.4 cm³/mol. The summed E-state index contributed by atoms with van der Waals surface area (Å²) in [7, 11) is 0. The van der Waals surface area contributed by atoms with Gasteiger partial charge in [-0.2, -0.15) is 0 Å². The number of carboxylic acids is 1. The van der Waals surface area contributed by atoms with Crippen LogP contribution in [0.25, 0.3) is 0 Å². The molecular formula is C12H23N3O5. The van der Waals surface area contributed by atoms with Crippen molar-refractivity contribution in [3.05, 3.63) is 0 Å². The van der Waals surface area contributed by atoms with Gasteiger partial charge in [0.25, 0.3) is 0 Å². The van der Waals surface area contributed by atoms with Crippen molar-refractivity contribution in [1.29, 1.82) is 0 Å². The molecule has 1 aliphatic heterocycles. The molecule has 8 nitrogen and oxygen atoms in total. The molecule has 4 N–H and O–H groups in total. The summed E-state index contributed by atoms with van der Waals surface area (Å²) in [5, 5.41) is 29.6. The first-order valence-corrected chi connectivity index (χ1v) is 6.68. The molecule has 1 atom stereocenters. The van der Waals surface area contributed by atoms with Crippen molar-refractivity contribution < 1.29 is 24.9 Å². The number of hydrogen-bond donors (Lipinski definition) is 4. The van der Waals surface area contributed by atoms with Crippen LogP contribution in [0.2, 0.25) is 0 Å². The Kier molecular flexibility index (Phi) is 6.18. The van der Waals surface area contributed by atoms with E-state index in [1.165, 1.54) is 0 Å². The maximum absolute atomic E-state index is 11.9. The fourth-order valence-electron chi connectivity index (χ4n) is 1.97. The van der Waals surface area contributed by atoms with Crippen LogP contribution >= 0.6 is 0 Å². The number of rotatable bonds is 5. The topological polar surface area (TPSA) is 113 Å². The Morgan fingerprint density at radius 1 is 1.25 bits per heavy atom. The molecule has 0 aromatic heterocycles. The molecule has 0 radical (unpaired) electrons. The largest absolute Gasteiger partial charge is 0.479 e. The van der Waals surface area contributed by atoms with Gasteiger partial charge in [0.05, 0.1) is 13.2 Å². The Morgan fingerprint density at radius 2 is 1.95 bits per heavy atom. The quantitative estimate of drug-likeness (QED) is 0.491. The van der Waals surface area contributed by atoms with E-state index in [0.717, 1.165) is 19.9 Å². The lowest BCUT2D eigenvalue weighted by atomic mass is 10.1. The maximum Gasteiger partial charge on any atom is 0.337 e. The maximum atomic E-state index is 11.9. The number of aliphatic hydroxyl groups is 2. The Hall–Kier alpha value is -1.38. The number of aliphatic carboxylic acids is 1. The fraction of sp³-hybridized carbons (Fsp3) is 0.833. The van der Waals surface area contributed by atoms with Crippen molar-refractivity contribution >= 4 is 12.0 Å². The monoisotopic (exact) mass is 289 g/mol. The van der Waals surface area contributed by atoms with Gasteiger partial charge in [-0.15, -0.1) is 0 Å².